The van der Waals surface area contributed by atoms with Gasteiger partial charge in [0.15, 0.2) is 18.1 Å². The van der Waals surface area contributed by atoms with Gasteiger partial charge < -0.3 is 14.6 Å². The Kier molecular flexibility index (Phi) is 6.22. The van der Waals surface area contributed by atoms with Gasteiger partial charge in [-0.05, 0) is 46.9 Å². The molecule has 1 amide bonds. The highest BCUT2D eigenvalue weighted by Crippen LogP contribution is 2.25. The first-order valence-electron chi connectivity index (χ1n) is 8.22. The summed E-state index contributed by atoms with van der Waals surface area (Å²) in [5.74, 6) is 0.623. The van der Waals surface area contributed by atoms with Gasteiger partial charge >= 0.3 is 0 Å². The number of carbonyl (C=O) groups is 1. The predicted molar refractivity (Wildman–Crippen MR) is 101 cm³/mol. The van der Waals surface area contributed by atoms with Crippen LogP contribution in [0, 0.1) is 0 Å². The molecule has 2 rings (SSSR count). The van der Waals surface area contributed by atoms with Gasteiger partial charge in [0.25, 0.3) is 5.91 Å². The third-order valence-electron chi connectivity index (χ3n) is 3.70. The number of rotatable bonds is 6. The van der Waals surface area contributed by atoms with Gasteiger partial charge in [0.2, 0.25) is 0 Å². The van der Waals surface area contributed by atoms with E-state index in [1.807, 2.05) is 24.3 Å². The maximum atomic E-state index is 11.8. The molecule has 0 heterocycles. The van der Waals surface area contributed by atoms with E-state index in [1.54, 1.807) is 12.1 Å². The average Bonchev–Trinajstić information content (AvgIpc) is 2.60. The van der Waals surface area contributed by atoms with E-state index in [0.717, 1.165) is 0 Å². The minimum absolute atomic E-state index is 0.00446. The van der Waals surface area contributed by atoms with E-state index in [0.29, 0.717) is 17.1 Å². The van der Waals surface area contributed by atoms with Crippen LogP contribution >= 0.6 is 0 Å². The standard InChI is InChI=1S/C20H24N2O4/c1-20(2,3)15-6-8-16(9-7-15)26-13-19(24)22-21-12-14-5-10-18(25-4)17(23)11-14/h5-12,23H,13H2,1-4H3,(H,22,24)/b21-12+. The van der Waals surface area contributed by atoms with E-state index in [1.165, 1.54) is 25.0 Å². The summed E-state index contributed by atoms with van der Waals surface area (Å²) in [6.07, 6.45) is 1.43. The van der Waals surface area contributed by atoms with Gasteiger partial charge in [0, 0.05) is 0 Å². The molecule has 0 fully saturated rings. The highest BCUT2D eigenvalue weighted by molar-refractivity contribution is 5.83. The van der Waals surface area contributed by atoms with Crippen LogP contribution in [0.1, 0.15) is 31.9 Å². The molecule has 0 aromatic heterocycles. The lowest BCUT2D eigenvalue weighted by Crippen LogP contribution is -2.24. The van der Waals surface area contributed by atoms with Gasteiger partial charge in [-0.2, -0.15) is 5.10 Å². The smallest absolute Gasteiger partial charge is 0.277 e. The Morgan fingerprint density at radius 3 is 2.46 bits per heavy atom. The van der Waals surface area contributed by atoms with Crippen LogP contribution in [0.2, 0.25) is 0 Å². The number of nitrogens with one attached hydrogen (secondary N) is 1. The molecule has 6 nitrogen and oxygen atoms in total. The van der Waals surface area contributed by atoms with Gasteiger partial charge in [-0.1, -0.05) is 32.9 Å². The largest absolute Gasteiger partial charge is 0.504 e. The molecule has 2 N–H and O–H groups in total. The van der Waals surface area contributed by atoms with Crippen molar-refractivity contribution in [2.45, 2.75) is 26.2 Å². The molecule has 0 spiro atoms. The quantitative estimate of drug-likeness (QED) is 0.615. The number of carbonyl (C=O) groups excluding carboxylic acids is 1. The van der Waals surface area contributed by atoms with Gasteiger partial charge in [-0.3, -0.25) is 4.79 Å². The summed E-state index contributed by atoms with van der Waals surface area (Å²) in [5, 5.41) is 13.5. The fourth-order valence-corrected chi connectivity index (χ4v) is 2.20. The zero-order valence-electron chi connectivity index (χ0n) is 15.4. The Morgan fingerprint density at radius 1 is 1.19 bits per heavy atom. The highest BCUT2D eigenvalue weighted by Gasteiger charge is 2.13. The minimum Gasteiger partial charge on any atom is -0.504 e. The Hall–Kier alpha value is -3.02. The average molecular weight is 356 g/mol. The normalized spacial score (nSPS) is 11.4. The predicted octanol–water partition coefficient (Wildman–Crippen LogP) is 3.23. The molecule has 0 aliphatic carbocycles. The van der Waals surface area contributed by atoms with Crippen LogP contribution in [0.4, 0.5) is 0 Å². The third-order valence-corrected chi connectivity index (χ3v) is 3.70. The molecule has 0 aliphatic heterocycles. The van der Waals surface area contributed by atoms with Crippen molar-refractivity contribution < 1.29 is 19.4 Å². The first-order valence-corrected chi connectivity index (χ1v) is 8.22. The van der Waals surface area contributed by atoms with Crippen LogP contribution in [0.15, 0.2) is 47.6 Å². The van der Waals surface area contributed by atoms with Crippen molar-refractivity contribution >= 4 is 12.1 Å². The number of hydrogen-bond acceptors (Lipinski definition) is 5. The monoisotopic (exact) mass is 356 g/mol. The number of ether oxygens (including phenoxy) is 2. The van der Waals surface area contributed by atoms with E-state index < -0.39 is 0 Å². The van der Waals surface area contributed by atoms with Crippen LogP contribution in [0.25, 0.3) is 0 Å². The van der Waals surface area contributed by atoms with Gasteiger partial charge in [0.05, 0.1) is 13.3 Å². The number of hydrogen-bond donors (Lipinski definition) is 2. The van der Waals surface area contributed by atoms with Crippen molar-refractivity contribution in [1.82, 2.24) is 5.43 Å². The van der Waals surface area contributed by atoms with Crippen LogP contribution in [0.3, 0.4) is 0 Å². The van der Waals surface area contributed by atoms with Crippen molar-refractivity contribution in [3.05, 3.63) is 53.6 Å². The highest BCUT2D eigenvalue weighted by atomic mass is 16.5. The Morgan fingerprint density at radius 2 is 1.88 bits per heavy atom. The summed E-state index contributed by atoms with van der Waals surface area (Å²) in [6.45, 7) is 6.27. The summed E-state index contributed by atoms with van der Waals surface area (Å²) < 4.78 is 10.4. The summed E-state index contributed by atoms with van der Waals surface area (Å²) in [4.78, 5) is 11.8. The second kappa shape index (κ2) is 8.38. The van der Waals surface area contributed by atoms with Crippen LogP contribution in [0.5, 0.6) is 17.2 Å². The van der Waals surface area contributed by atoms with Crippen molar-refractivity contribution in [2.75, 3.05) is 13.7 Å². The maximum Gasteiger partial charge on any atom is 0.277 e. The first-order chi connectivity index (χ1) is 12.3. The lowest BCUT2D eigenvalue weighted by atomic mass is 9.87. The Labute approximate surface area is 153 Å². The number of methoxy groups -OCH3 is 1. The molecular weight excluding hydrogens is 332 g/mol. The molecule has 0 unspecified atom stereocenters. The number of amides is 1. The van der Waals surface area contributed by atoms with Crippen molar-refractivity contribution in [3.63, 3.8) is 0 Å². The Balaban J connectivity index is 1.82. The molecule has 26 heavy (non-hydrogen) atoms. The molecule has 0 atom stereocenters. The number of phenols is 1. The third kappa shape index (κ3) is 5.51. The molecule has 0 saturated heterocycles. The second-order valence-corrected chi connectivity index (χ2v) is 6.79. The fraction of sp³-hybridized carbons (Fsp3) is 0.300. The molecule has 6 heteroatoms. The number of aromatic hydroxyl groups is 1. The molecule has 0 bridgehead atoms. The summed E-state index contributed by atoms with van der Waals surface area (Å²) in [5.41, 5.74) is 4.27. The van der Waals surface area contributed by atoms with Crippen molar-refractivity contribution in [1.29, 1.82) is 0 Å². The van der Waals surface area contributed by atoms with Crippen LogP contribution < -0.4 is 14.9 Å². The number of benzene rings is 2. The van der Waals surface area contributed by atoms with E-state index in [-0.39, 0.29) is 23.7 Å². The molecule has 2 aromatic rings. The van der Waals surface area contributed by atoms with E-state index >= 15 is 0 Å². The minimum atomic E-state index is -0.376. The summed E-state index contributed by atoms with van der Waals surface area (Å²) in [7, 11) is 1.47. The lowest BCUT2D eigenvalue weighted by Gasteiger charge is -2.19. The molecule has 2 aromatic carbocycles. The van der Waals surface area contributed by atoms with Gasteiger partial charge in [-0.15, -0.1) is 0 Å². The fourth-order valence-electron chi connectivity index (χ4n) is 2.20. The zero-order valence-corrected chi connectivity index (χ0v) is 15.4. The zero-order chi connectivity index (χ0) is 19.2. The second-order valence-electron chi connectivity index (χ2n) is 6.79. The molecule has 138 valence electrons. The van der Waals surface area contributed by atoms with Crippen LogP contribution in [-0.2, 0) is 10.2 Å². The van der Waals surface area contributed by atoms with E-state index in [4.69, 9.17) is 9.47 Å². The van der Waals surface area contributed by atoms with Gasteiger partial charge in [0.1, 0.15) is 5.75 Å². The topological polar surface area (TPSA) is 80.2 Å². The SMILES string of the molecule is COc1ccc(/C=N/NC(=O)COc2ccc(C(C)(C)C)cc2)cc1O. The molecule has 0 saturated carbocycles. The van der Waals surface area contributed by atoms with E-state index in [9.17, 15) is 9.90 Å². The lowest BCUT2D eigenvalue weighted by molar-refractivity contribution is -0.123. The summed E-state index contributed by atoms with van der Waals surface area (Å²) >= 11 is 0. The van der Waals surface area contributed by atoms with Crippen molar-refractivity contribution in [2.24, 2.45) is 5.10 Å². The number of hydrazone groups is 1. The summed E-state index contributed by atoms with van der Waals surface area (Å²) in [6, 6.07) is 12.5. The molecule has 0 radical (unpaired) electrons. The number of nitrogens with zero attached hydrogens (tertiary/aromatic N) is 1. The maximum absolute atomic E-state index is 11.8. The van der Waals surface area contributed by atoms with E-state index in [2.05, 4.69) is 31.3 Å². The Bertz CT molecular complexity index is 777. The molecule has 0 aliphatic rings. The van der Waals surface area contributed by atoms with Crippen molar-refractivity contribution in [3.8, 4) is 17.2 Å². The van der Waals surface area contributed by atoms with Crippen LogP contribution in [-0.4, -0.2) is 30.9 Å². The molecular formula is C20H24N2O4. The first kappa shape index (κ1) is 19.3. The number of phenolic OH excluding ortho intramolecular Hbond substituents is 1. The van der Waals surface area contributed by atoms with Gasteiger partial charge in [-0.25, -0.2) is 5.43 Å².